The van der Waals surface area contributed by atoms with E-state index in [4.69, 9.17) is 14.4 Å². The molecule has 0 saturated heterocycles. The molecule has 0 bridgehead atoms. The lowest BCUT2D eigenvalue weighted by molar-refractivity contribution is 0.660. The van der Waals surface area contributed by atoms with Crippen molar-refractivity contribution in [3.05, 3.63) is 175 Å². The van der Waals surface area contributed by atoms with E-state index in [9.17, 15) is 0 Å². The molecule has 4 nitrogen and oxygen atoms in total. The predicted molar refractivity (Wildman–Crippen MR) is 227 cm³/mol. The van der Waals surface area contributed by atoms with Crippen molar-refractivity contribution in [2.75, 3.05) is 0 Å². The zero-order valence-electron chi connectivity index (χ0n) is 30.3. The molecule has 1 aliphatic rings. The third-order valence-electron chi connectivity index (χ3n) is 12.0. The summed E-state index contributed by atoms with van der Waals surface area (Å²) < 4.78 is 8.41. The molecule has 1 aliphatic carbocycles. The zero-order valence-corrected chi connectivity index (χ0v) is 30.3. The minimum atomic E-state index is -0.113. The molecule has 0 atom stereocenters. The largest absolute Gasteiger partial charge is 0.456 e. The first-order valence-electron chi connectivity index (χ1n) is 18.9. The van der Waals surface area contributed by atoms with Crippen molar-refractivity contribution in [3.63, 3.8) is 0 Å². The van der Waals surface area contributed by atoms with Crippen LogP contribution in [0.3, 0.4) is 0 Å². The number of hydrogen-bond acceptors (Lipinski definition) is 3. The van der Waals surface area contributed by atoms with Gasteiger partial charge in [-0.05, 0) is 92.7 Å². The van der Waals surface area contributed by atoms with Gasteiger partial charge in [0.15, 0.2) is 0 Å². The highest BCUT2D eigenvalue weighted by molar-refractivity contribution is 6.22. The number of nitrogens with zero attached hydrogens (tertiary/aromatic N) is 3. The maximum Gasteiger partial charge on any atom is 0.235 e. The first-order chi connectivity index (χ1) is 27.0. The van der Waals surface area contributed by atoms with Crippen molar-refractivity contribution < 1.29 is 4.42 Å². The van der Waals surface area contributed by atoms with Gasteiger partial charge in [-0.3, -0.25) is 4.57 Å². The SMILES string of the molecule is CC1(C)c2ccccc2-c2ccc(-c3nc(-n4c5ccccc5c5c6cc(-c7ccc8oc9ccccc9c8c7)ccc6ccc54)nc4ccccc34)cc21. The first kappa shape index (κ1) is 30.4. The topological polar surface area (TPSA) is 43.9 Å². The summed E-state index contributed by atoms with van der Waals surface area (Å²) in [6, 6.07) is 58.8. The smallest absolute Gasteiger partial charge is 0.235 e. The second-order valence-corrected chi connectivity index (χ2v) is 15.4. The Morgan fingerprint density at radius 2 is 1.15 bits per heavy atom. The number of hydrogen-bond donors (Lipinski definition) is 0. The maximum atomic E-state index is 6.15. The Kier molecular flexibility index (Phi) is 6.09. The van der Waals surface area contributed by atoms with Crippen molar-refractivity contribution >= 4 is 65.4 Å². The lowest BCUT2D eigenvalue weighted by atomic mass is 9.82. The Labute approximate surface area is 316 Å². The van der Waals surface area contributed by atoms with Crippen LogP contribution >= 0.6 is 0 Å². The molecule has 0 amide bonds. The molecule has 3 heterocycles. The third kappa shape index (κ3) is 4.28. The van der Waals surface area contributed by atoms with E-state index >= 15 is 0 Å². The summed E-state index contributed by atoms with van der Waals surface area (Å²) in [5.74, 6) is 0.663. The highest BCUT2D eigenvalue weighted by Crippen LogP contribution is 2.50. The maximum absolute atomic E-state index is 6.15. The van der Waals surface area contributed by atoms with Crippen LogP contribution in [0, 0.1) is 0 Å². The molecule has 0 unspecified atom stereocenters. The lowest BCUT2D eigenvalue weighted by Crippen LogP contribution is -2.15. The zero-order chi connectivity index (χ0) is 36.4. The van der Waals surface area contributed by atoms with E-state index in [0.717, 1.165) is 66.3 Å². The minimum absolute atomic E-state index is 0.113. The van der Waals surface area contributed by atoms with Crippen molar-refractivity contribution in [1.82, 2.24) is 14.5 Å². The Balaban J connectivity index is 1.08. The number of aromatic nitrogens is 3. The Morgan fingerprint density at radius 1 is 0.473 bits per heavy atom. The average molecular weight is 704 g/mol. The molecule has 11 aromatic rings. The number of benzene rings is 8. The highest BCUT2D eigenvalue weighted by atomic mass is 16.3. The molecule has 0 saturated carbocycles. The molecule has 3 aromatic heterocycles. The summed E-state index contributed by atoms with van der Waals surface area (Å²) in [5, 5.41) is 8.06. The van der Waals surface area contributed by atoms with Crippen LogP contribution in [0.1, 0.15) is 25.0 Å². The van der Waals surface area contributed by atoms with Gasteiger partial charge in [0.2, 0.25) is 5.95 Å². The van der Waals surface area contributed by atoms with Crippen LogP contribution in [0.2, 0.25) is 0 Å². The van der Waals surface area contributed by atoms with Crippen molar-refractivity contribution in [3.8, 4) is 39.5 Å². The highest BCUT2D eigenvalue weighted by Gasteiger charge is 2.35. The monoisotopic (exact) mass is 703 g/mol. The number of fused-ring (bicyclic) bond motifs is 12. The molecule has 4 heteroatoms. The molecule has 12 rings (SSSR count). The van der Waals surface area contributed by atoms with Gasteiger partial charge in [-0.1, -0.05) is 129 Å². The predicted octanol–water partition coefficient (Wildman–Crippen LogP) is 13.4. The molecule has 0 spiro atoms. The minimum Gasteiger partial charge on any atom is -0.456 e. The molecule has 0 fully saturated rings. The van der Waals surface area contributed by atoms with E-state index < -0.39 is 0 Å². The van der Waals surface area contributed by atoms with Crippen LogP contribution in [0.25, 0.3) is 105 Å². The fourth-order valence-corrected chi connectivity index (χ4v) is 9.32. The van der Waals surface area contributed by atoms with Gasteiger partial charge >= 0.3 is 0 Å². The van der Waals surface area contributed by atoms with E-state index in [0.29, 0.717) is 5.95 Å². The van der Waals surface area contributed by atoms with Crippen LogP contribution < -0.4 is 0 Å². The molecule has 0 aliphatic heterocycles. The van der Waals surface area contributed by atoms with Gasteiger partial charge in [0, 0.05) is 37.9 Å². The molecular weight excluding hydrogens is 671 g/mol. The molecule has 0 radical (unpaired) electrons. The Hall–Kier alpha value is -7.04. The van der Waals surface area contributed by atoms with Crippen molar-refractivity contribution in [1.29, 1.82) is 0 Å². The van der Waals surface area contributed by atoms with Crippen molar-refractivity contribution in [2.45, 2.75) is 19.3 Å². The molecule has 8 aromatic carbocycles. The second kappa shape index (κ2) is 11.0. The van der Waals surface area contributed by atoms with Crippen LogP contribution in [-0.2, 0) is 5.41 Å². The van der Waals surface area contributed by atoms with Crippen LogP contribution in [0.5, 0.6) is 0 Å². The molecular formula is C51H33N3O. The van der Waals surface area contributed by atoms with Gasteiger partial charge in [-0.25, -0.2) is 9.97 Å². The van der Waals surface area contributed by atoms with E-state index in [1.165, 1.54) is 43.8 Å². The summed E-state index contributed by atoms with van der Waals surface area (Å²) in [4.78, 5) is 10.7. The summed E-state index contributed by atoms with van der Waals surface area (Å²) in [7, 11) is 0. The van der Waals surface area contributed by atoms with Crippen LogP contribution in [0.4, 0.5) is 0 Å². The van der Waals surface area contributed by atoms with E-state index in [1.807, 2.05) is 12.1 Å². The molecule has 55 heavy (non-hydrogen) atoms. The van der Waals surface area contributed by atoms with Gasteiger partial charge in [-0.2, -0.15) is 0 Å². The fraction of sp³-hybridized carbons (Fsp3) is 0.0588. The Morgan fingerprint density at radius 3 is 2.05 bits per heavy atom. The number of para-hydroxylation sites is 3. The first-order valence-corrected chi connectivity index (χ1v) is 18.9. The van der Waals surface area contributed by atoms with E-state index in [-0.39, 0.29) is 5.41 Å². The second-order valence-electron chi connectivity index (χ2n) is 15.4. The quantitative estimate of drug-likeness (QED) is 0.184. The van der Waals surface area contributed by atoms with Gasteiger partial charge in [0.05, 0.1) is 22.2 Å². The normalized spacial score (nSPS) is 13.4. The van der Waals surface area contributed by atoms with Gasteiger partial charge < -0.3 is 4.42 Å². The Bertz CT molecular complexity index is 3420. The third-order valence-corrected chi connectivity index (χ3v) is 12.0. The summed E-state index contributed by atoms with van der Waals surface area (Å²) in [6.45, 7) is 4.66. The van der Waals surface area contributed by atoms with Crippen LogP contribution in [-0.4, -0.2) is 14.5 Å². The summed E-state index contributed by atoms with van der Waals surface area (Å²) >= 11 is 0. The van der Waals surface area contributed by atoms with Crippen molar-refractivity contribution in [2.24, 2.45) is 0 Å². The standard InChI is InChI=1S/C51H33N3O/c1-51(2)41-15-7-3-11-34(41)35-24-21-33(29-42(35)51)49-37-13-4-8-16-43(37)52-50(53-49)54-44-17-9-5-14-38(44)48-39-27-31(20-19-30(39)22-25-45(48)54)32-23-26-47-40(28-32)36-12-6-10-18-46(36)55-47/h3-29H,1-2H3. The van der Waals surface area contributed by atoms with E-state index in [1.54, 1.807) is 0 Å². The molecule has 258 valence electrons. The molecule has 0 N–H and O–H groups in total. The average Bonchev–Trinajstić information content (AvgIpc) is 3.85. The van der Waals surface area contributed by atoms with Gasteiger partial charge in [0.1, 0.15) is 11.2 Å². The van der Waals surface area contributed by atoms with Crippen LogP contribution in [0.15, 0.2) is 168 Å². The van der Waals surface area contributed by atoms with E-state index in [2.05, 4.69) is 170 Å². The fourth-order valence-electron chi connectivity index (χ4n) is 9.32. The summed E-state index contributed by atoms with van der Waals surface area (Å²) in [5.41, 5.74) is 14.4. The number of rotatable bonds is 3. The lowest BCUT2D eigenvalue weighted by Gasteiger charge is -2.22. The van der Waals surface area contributed by atoms with Gasteiger partial charge in [0.25, 0.3) is 0 Å². The summed E-state index contributed by atoms with van der Waals surface area (Å²) in [6.07, 6.45) is 0. The van der Waals surface area contributed by atoms with Gasteiger partial charge in [-0.15, -0.1) is 0 Å². The number of furan rings is 1.